The van der Waals surface area contributed by atoms with E-state index in [4.69, 9.17) is 0 Å². The molecule has 5 nitrogen and oxygen atoms in total. The molecule has 0 aromatic heterocycles. The molecule has 0 unspecified atom stereocenters. The van der Waals surface area contributed by atoms with Crippen molar-refractivity contribution >= 4 is 17.4 Å². The van der Waals surface area contributed by atoms with E-state index in [1.165, 1.54) is 0 Å². The zero-order valence-electron chi connectivity index (χ0n) is 17.6. The lowest BCUT2D eigenvalue weighted by atomic mass is 10.0. The highest BCUT2D eigenvalue weighted by Gasteiger charge is 2.30. The van der Waals surface area contributed by atoms with Crippen LogP contribution in [-0.4, -0.2) is 70.2 Å². The van der Waals surface area contributed by atoms with Crippen LogP contribution >= 0.6 is 0 Å². The number of carbonyl (C=O) groups excluding carboxylic acids is 1. The zero-order chi connectivity index (χ0) is 20.1. The van der Waals surface area contributed by atoms with Crippen molar-refractivity contribution in [3.8, 4) is 11.1 Å². The summed E-state index contributed by atoms with van der Waals surface area (Å²) in [6.45, 7) is 3.34. The molecule has 28 heavy (non-hydrogen) atoms. The highest BCUT2D eigenvalue weighted by atomic mass is 16.2. The van der Waals surface area contributed by atoms with Gasteiger partial charge >= 0.3 is 6.03 Å². The van der Waals surface area contributed by atoms with Crippen LogP contribution in [0.4, 0.5) is 16.2 Å². The number of carbonyl (C=O) groups is 1. The van der Waals surface area contributed by atoms with Crippen LogP contribution in [0.25, 0.3) is 11.1 Å². The predicted molar refractivity (Wildman–Crippen MR) is 118 cm³/mol. The lowest BCUT2D eigenvalue weighted by Gasteiger charge is -2.29. The van der Waals surface area contributed by atoms with Crippen molar-refractivity contribution in [3.05, 3.63) is 48.5 Å². The normalized spacial score (nSPS) is 13.7. The van der Waals surface area contributed by atoms with Crippen molar-refractivity contribution in [3.63, 3.8) is 0 Å². The van der Waals surface area contributed by atoms with Gasteiger partial charge in [-0.15, -0.1) is 0 Å². The molecule has 0 saturated heterocycles. The third-order valence-corrected chi connectivity index (χ3v) is 5.12. The maximum atomic E-state index is 13.6. The van der Waals surface area contributed by atoms with Crippen LogP contribution in [0.2, 0.25) is 0 Å². The molecule has 1 aliphatic heterocycles. The van der Waals surface area contributed by atoms with Crippen LogP contribution in [0, 0.1) is 0 Å². The van der Waals surface area contributed by atoms with E-state index in [1.807, 2.05) is 21.9 Å². The Hall–Kier alpha value is -2.37. The highest BCUT2D eigenvalue weighted by molar-refractivity contribution is 6.11. The maximum absolute atomic E-state index is 13.6. The first kappa shape index (κ1) is 20.4. The van der Waals surface area contributed by atoms with Gasteiger partial charge in [0.05, 0.1) is 11.4 Å². The fourth-order valence-corrected chi connectivity index (χ4v) is 3.75. The Labute approximate surface area is 169 Å². The molecule has 0 saturated carbocycles. The number of urea groups is 1. The molecule has 2 aromatic rings. The first-order valence-corrected chi connectivity index (χ1v) is 10.1. The highest BCUT2D eigenvalue weighted by Crippen LogP contribution is 2.41. The van der Waals surface area contributed by atoms with Gasteiger partial charge in [0, 0.05) is 24.2 Å². The van der Waals surface area contributed by atoms with Gasteiger partial charge in [-0.2, -0.15) is 0 Å². The number of para-hydroxylation sites is 2. The molecule has 0 bridgehead atoms. The Morgan fingerprint density at radius 2 is 1.07 bits per heavy atom. The van der Waals surface area contributed by atoms with E-state index in [0.717, 1.165) is 48.4 Å². The molecule has 1 aliphatic rings. The Balaban J connectivity index is 1.99. The van der Waals surface area contributed by atoms with Gasteiger partial charge in [0.2, 0.25) is 0 Å². The molecule has 3 rings (SSSR count). The Kier molecular flexibility index (Phi) is 6.70. The topological polar surface area (TPSA) is 30.0 Å². The molecule has 0 aliphatic carbocycles. The minimum atomic E-state index is 0.0786. The van der Waals surface area contributed by atoms with Crippen LogP contribution < -0.4 is 9.80 Å². The molecule has 0 N–H and O–H groups in total. The molecule has 0 fully saturated rings. The summed E-state index contributed by atoms with van der Waals surface area (Å²) in [5, 5.41) is 0. The SMILES string of the molecule is CN(C)CCCN1C(=O)N(CCCN(C)C)c2ccccc2-c2ccccc21. The standard InChI is InChI=1S/C23H32N4O/c1-24(2)15-9-17-26-21-13-7-5-11-19(21)20-12-6-8-14-22(20)27(23(26)28)18-10-16-25(3)4/h5-8,11-14H,9-10,15-18H2,1-4H3. The number of anilines is 2. The number of benzene rings is 2. The van der Waals surface area contributed by atoms with E-state index in [-0.39, 0.29) is 6.03 Å². The average molecular weight is 381 g/mol. The second kappa shape index (κ2) is 9.22. The molecular formula is C23H32N4O. The van der Waals surface area contributed by atoms with Gasteiger partial charge in [-0.3, -0.25) is 9.80 Å². The van der Waals surface area contributed by atoms with Crippen molar-refractivity contribution < 1.29 is 4.79 Å². The van der Waals surface area contributed by atoms with Crippen LogP contribution in [-0.2, 0) is 0 Å². The summed E-state index contributed by atoms with van der Waals surface area (Å²) in [6.07, 6.45) is 1.88. The Bertz CT molecular complexity index is 737. The molecule has 5 heteroatoms. The lowest BCUT2D eigenvalue weighted by molar-refractivity contribution is 0.250. The third-order valence-electron chi connectivity index (χ3n) is 5.12. The largest absolute Gasteiger partial charge is 0.328 e. The molecule has 1 heterocycles. The lowest BCUT2D eigenvalue weighted by Crippen LogP contribution is -2.44. The zero-order valence-corrected chi connectivity index (χ0v) is 17.6. The van der Waals surface area contributed by atoms with Gasteiger partial charge in [0.1, 0.15) is 0 Å². The molecule has 0 radical (unpaired) electrons. The van der Waals surface area contributed by atoms with E-state index >= 15 is 0 Å². The van der Waals surface area contributed by atoms with E-state index in [9.17, 15) is 4.79 Å². The second-order valence-electron chi connectivity index (χ2n) is 7.93. The van der Waals surface area contributed by atoms with Crippen molar-refractivity contribution in [1.29, 1.82) is 0 Å². The van der Waals surface area contributed by atoms with Gasteiger partial charge in [0.15, 0.2) is 0 Å². The summed E-state index contributed by atoms with van der Waals surface area (Å²) >= 11 is 0. The van der Waals surface area contributed by atoms with Crippen molar-refractivity contribution in [2.24, 2.45) is 0 Å². The molecule has 0 atom stereocenters. The van der Waals surface area contributed by atoms with Gasteiger partial charge in [-0.05, 0) is 66.3 Å². The number of amides is 2. The minimum absolute atomic E-state index is 0.0786. The van der Waals surface area contributed by atoms with E-state index in [1.54, 1.807) is 0 Å². The fourth-order valence-electron chi connectivity index (χ4n) is 3.75. The molecular weight excluding hydrogens is 348 g/mol. The van der Waals surface area contributed by atoms with Crippen LogP contribution in [0.1, 0.15) is 12.8 Å². The quantitative estimate of drug-likeness (QED) is 0.693. The smallest absolute Gasteiger partial charge is 0.309 e. The van der Waals surface area contributed by atoms with E-state index < -0.39 is 0 Å². The third kappa shape index (κ3) is 4.54. The minimum Gasteiger partial charge on any atom is -0.309 e. The van der Waals surface area contributed by atoms with Crippen molar-refractivity contribution in [2.75, 3.05) is 64.2 Å². The molecule has 150 valence electrons. The number of rotatable bonds is 8. The Morgan fingerprint density at radius 1 is 0.679 bits per heavy atom. The van der Waals surface area contributed by atoms with Gasteiger partial charge in [0.25, 0.3) is 0 Å². The van der Waals surface area contributed by atoms with Crippen LogP contribution in [0.5, 0.6) is 0 Å². The van der Waals surface area contributed by atoms with E-state index in [0.29, 0.717) is 13.1 Å². The summed E-state index contributed by atoms with van der Waals surface area (Å²) in [7, 11) is 8.28. The molecule has 2 aromatic carbocycles. The second-order valence-corrected chi connectivity index (χ2v) is 7.93. The number of nitrogens with zero attached hydrogens (tertiary/aromatic N) is 4. The monoisotopic (exact) mass is 380 g/mol. The van der Waals surface area contributed by atoms with Crippen molar-refractivity contribution in [1.82, 2.24) is 9.80 Å². The first-order chi connectivity index (χ1) is 13.5. The number of hydrogen-bond acceptors (Lipinski definition) is 3. The van der Waals surface area contributed by atoms with E-state index in [2.05, 4.69) is 74.4 Å². The van der Waals surface area contributed by atoms with Crippen molar-refractivity contribution in [2.45, 2.75) is 12.8 Å². The maximum Gasteiger partial charge on any atom is 0.328 e. The number of hydrogen-bond donors (Lipinski definition) is 0. The summed E-state index contributed by atoms with van der Waals surface area (Å²) < 4.78 is 0. The predicted octanol–water partition coefficient (Wildman–Crippen LogP) is 4.00. The summed E-state index contributed by atoms with van der Waals surface area (Å²) in [5.74, 6) is 0. The Morgan fingerprint density at radius 3 is 1.46 bits per heavy atom. The summed E-state index contributed by atoms with van der Waals surface area (Å²) in [4.78, 5) is 21.9. The summed E-state index contributed by atoms with van der Waals surface area (Å²) in [5.41, 5.74) is 4.28. The summed E-state index contributed by atoms with van der Waals surface area (Å²) in [6, 6.07) is 16.6. The fraction of sp³-hybridized carbons (Fsp3) is 0.435. The molecule has 0 spiro atoms. The van der Waals surface area contributed by atoms with Gasteiger partial charge in [-0.25, -0.2) is 4.79 Å². The molecule has 2 amide bonds. The van der Waals surface area contributed by atoms with Crippen LogP contribution in [0.15, 0.2) is 48.5 Å². The number of fused-ring (bicyclic) bond motifs is 3. The van der Waals surface area contributed by atoms with Crippen LogP contribution in [0.3, 0.4) is 0 Å². The first-order valence-electron chi connectivity index (χ1n) is 10.1. The average Bonchev–Trinajstić information content (AvgIpc) is 2.76. The van der Waals surface area contributed by atoms with Gasteiger partial charge < -0.3 is 9.80 Å². The van der Waals surface area contributed by atoms with Gasteiger partial charge in [-0.1, -0.05) is 36.4 Å².